The van der Waals surface area contributed by atoms with Crippen molar-refractivity contribution in [1.29, 1.82) is 0 Å². The first kappa shape index (κ1) is 22.2. The maximum atomic E-state index is 12.8. The number of para-hydroxylation sites is 1. The number of benzene rings is 2. The summed E-state index contributed by atoms with van der Waals surface area (Å²) in [6, 6.07) is 15.4. The van der Waals surface area contributed by atoms with Crippen LogP contribution in [0.15, 0.2) is 59.5 Å². The molecule has 1 aliphatic rings. The number of hydrogen-bond acceptors (Lipinski definition) is 5. The summed E-state index contributed by atoms with van der Waals surface area (Å²) in [6.07, 6.45) is 3.91. The van der Waals surface area contributed by atoms with E-state index in [1.807, 2.05) is 18.2 Å². The number of hydrogen-bond donors (Lipinski definition) is 2. The normalized spacial score (nSPS) is 15.1. The molecular weight excluding hydrogens is 422 g/mol. The Kier molecular flexibility index (Phi) is 7.78. The summed E-state index contributed by atoms with van der Waals surface area (Å²) >= 11 is 5.14. The summed E-state index contributed by atoms with van der Waals surface area (Å²) in [5.74, 6) is 0.199. The van der Waals surface area contributed by atoms with E-state index < -0.39 is 15.9 Å². The number of sulfonamides is 1. The second-order valence-corrected chi connectivity index (χ2v) is 9.29. The summed E-state index contributed by atoms with van der Waals surface area (Å²) in [7, 11) is -3.50. The third-order valence-electron chi connectivity index (χ3n) is 4.68. The van der Waals surface area contributed by atoms with Gasteiger partial charge in [0.05, 0.1) is 4.90 Å². The monoisotopic (exact) mass is 447 g/mol. The second-order valence-electron chi connectivity index (χ2n) is 6.95. The molecule has 0 atom stereocenters. The SMILES string of the molecule is O=C(COc1ccccc1)NC(=S)Nc1ccc(S(=O)(=O)N2CCCCCC2)cc1. The Morgan fingerprint density at radius 3 is 2.23 bits per heavy atom. The predicted octanol–water partition coefficient (Wildman–Crippen LogP) is 3.14. The van der Waals surface area contributed by atoms with Crippen molar-refractivity contribution in [2.24, 2.45) is 0 Å². The topological polar surface area (TPSA) is 87.7 Å². The third kappa shape index (κ3) is 6.25. The zero-order valence-electron chi connectivity index (χ0n) is 16.5. The van der Waals surface area contributed by atoms with Crippen LogP contribution in [0.2, 0.25) is 0 Å². The molecule has 0 aromatic heterocycles. The minimum absolute atomic E-state index is 0.111. The predicted molar refractivity (Wildman–Crippen MR) is 120 cm³/mol. The van der Waals surface area contributed by atoms with Crippen LogP contribution >= 0.6 is 12.2 Å². The second kappa shape index (κ2) is 10.5. The Balaban J connectivity index is 1.52. The van der Waals surface area contributed by atoms with E-state index in [2.05, 4.69) is 10.6 Å². The Morgan fingerprint density at radius 2 is 1.60 bits per heavy atom. The smallest absolute Gasteiger partial charge is 0.264 e. The summed E-state index contributed by atoms with van der Waals surface area (Å²) in [5.41, 5.74) is 0.582. The zero-order valence-corrected chi connectivity index (χ0v) is 18.2. The van der Waals surface area contributed by atoms with Crippen molar-refractivity contribution in [1.82, 2.24) is 9.62 Å². The molecule has 30 heavy (non-hydrogen) atoms. The van der Waals surface area contributed by atoms with E-state index in [0.717, 1.165) is 25.7 Å². The number of ether oxygens (including phenoxy) is 1. The highest BCUT2D eigenvalue weighted by molar-refractivity contribution is 7.89. The van der Waals surface area contributed by atoms with Gasteiger partial charge in [-0.2, -0.15) is 4.31 Å². The Morgan fingerprint density at radius 1 is 0.967 bits per heavy atom. The first-order valence-corrected chi connectivity index (χ1v) is 11.7. The molecule has 1 amide bonds. The standard InChI is InChI=1S/C21H25N3O4S2/c25-20(16-28-18-8-4-3-5-9-18)23-21(29)22-17-10-12-19(13-11-17)30(26,27)24-14-6-1-2-7-15-24/h3-5,8-13H,1-2,6-7,14-16H2,(H2,22,23,25,29). The fraction of sp³-hybridized carbons (Fsp3) is 0.333. The minimum Gasteiger partial charge on any atom is -0.484 e. The molecule has 0 bridgehead atoms. The van der Waals surface area contributed by atoms with Crippen LogP contribution in [0.4, 0.5) is 5.69 Å². The van der Waals surface area contributed by atoms with Crippen molar-refractivity contribution in [3.8, 4) is 5.75 Å². The van der Waals surface area contributed by atoms with Gasteiger partial charge >= 0.3 is 0 Å². The van der Waals surface area contributed by atoms with Gasteiger partial charge in [0.2, 0.25) is 10.0 Å². The molecule has 0 spiro atoms. The van der Waals surface area contributed by atoms with E-state index >= 15 is 0 Å². The number of thiocarbonyl (C=S) groups is 1. The lowest BCUT2D eigenvalue weighted by Gasteiger charge is -2.20. The number of nitrogens with one attached hydrogen (secondary N) is 2. The number of rotatable bonds is 6. The molecule has 1 saturated heterocycles. The summed E-state index contributed by atoms with van der Waals surface area (Å²) < 4.78 is 32.6. The van der Waals surface area contributed by atoms with E-state index in [1.54, 1.807) is 40.7 Å². The van der Waals surface area contributed by atoms with Gasteiger partial charge in [-0.15, -0.1) is 0 Å². The average Bonchev–Trinajstić information content (AvgIpc) is 3.03. The molecule has 9 heteroatoms. The molecule has 0 unspecified atom stereocenters. The zero-order chi connectivity index (χ0) is 21.4. The maximum absolute atomic E-state index is 12.8. The highest BCUT2D eigenvalue weighted by Gasteiger charge is 2.24. The number of carbonyl (C=O) groups excluding carboxylic acids is 1. The fourth-order valence-electron chi connectivity index (χ4n) is 3.13. The van der Waals surface area contributed by atoms with Gasteiger partial charge in [0, 0.05) is 18.8 Å². The number of amides is 1. The molecule has 1 heterocycles. The van der Waals surface area contributed by atoms with Gasteiger partial charge in [0.15, 0.2) is 11.7 Å². The quantitative estimate of drug-likeness (QED) is 0.662. The van der Waals surface area contributed by atoms with Crippen LogP contribution in [-0.2, 0) is 14.8 Å². The molecule has 1 aliphatic heterocycles. The van der Waals surface area contributed by atoms with Gasteiger partial charge in [-0.25, -0.2) is 8.42 Å². The summed E-state index contributed by atoms with van der Waals surface area (Å²) in [6.45, 7) is 0.950. The number of nitrogens with zero attached hydrogens (tertiary/aromatic N) is 1. The van der Waals surface area contributed by atoms with Crippen molar-refractivity contribution >= 4 is 38.9 Å². The van der Waals surface area contributed by atoms with Crippen LogP contribution < -0.4 is 15.4 Å². The lowest BCUT2D eigenvalue weighted by atomic mass is 10.2. The van der Waals surface area contributed by atoms with E-state index in [9.17, 15) is 13.2 Å². The molecule has 2 aromatic carbocycles. The number of anilines is 1. The van der Waals surface area contributed by atoms with Gasteiger partial charge in [0.25, 0.3) is 5.91 Å². The van der Waals surface area contributed by atoms with Crippen molar-refractivity contribution in [3.63, 3.8) is 0 Å². The highest BCUT2D eigenvalue weighted by Crippen LogP contribution is 2.21. The molecule has 3 rings (SSSR count). The molecule has 1 fully saturated rings. The van der Waals surface area contributed by atoms with Crippen LogP contribution in [0.5, 0.6) is 5.75 Å². The highest BCUT2D eigenvalue weighted by atomic mass is 32.2. The van der Waals surface area contributed by atoms with Crippen LogP contribution in [0.1, 0.15) is 25.7 Å². The molecule has 0 aliphatic carbocycles. The molecule has 0 saturated carbocycles. The molecule has 2 N–H and O–H groups in total. The molecule has 0 radical (unpaired) electrons. The first-order chi connectivity index (χ1) is 14.4. The van der Waals surface area contributed by atoms with Gasteiger partial charge in [-0.05, 0) is 61.5 Å². The van der Waals surface area contributed by atoms with Crippen LogP contribution in [0.3, 0.4) is 0 Å². The molecule has 2 aromatic rings. The largest absolute Gasteiger partial charge is 0.484 e. The lowest BCUT2D eigenvalue weighted by Crippen LogP contribution is -2.37. The molecular formula is C21H25N3O4S2. The Hall–Kier alpha value is -2.49. The molecule has 7 nitrogen and oxygen atoms in total. The van der Waals surface area contributed by atoms with Crippen LogP contribution in [0.25, 0.3) is 0 Å². The van der Waals surface area contributed by atoms with Gasteiger partial charge < -0.3 is 10.1 Å². The van der Waals surface area contributed by atoms with E-state index in [0.29, 0.717) is 24.5 Å². The lowest BCUT2D eigenvalue weighted by molar-refractivity contribution is -0.121. The van der Waals surface area contributed by atoms with E-state index in [4.69, 9.17) is 17.0 Å². The van der Waals surface area contributed by atoms with Crippen LogP contribution in [0, 0.1) is 0 Å². The van der Waals surface area contributed by atoms with Crippen molar-refractivity contribution < 1.29 is 17.9 Å². The van der Waals surface area contributed by atoms with Crippen LogP contribution in [-0.4, -0.2) is 43.4 Å². The third-order valence-corrected chi connectivity index (χ3v) is 6.80. The maximum Gasteiger partial charge on any atom is 0.264 e. The van der Waals surface area contributed by atoms with Gasteiger partial charge in [-0.3, -0.25) is 10.1 Å². The average molecular weight is 448 g/mol. The fourth-order valence-corrected chi connectivity index (χ4v) is 4.88. The Bertz CT molecular complexity index is 956. The van der Waals surface area contributed by atoms with E-state index in [-0.39, 0.29) is 16.6 Å². The summed E-state index contributed by atoms with van der Waals surface area (Å²) in [4.78, 5) is 12.2. The number of carbonyl (C=O) groups is 1. The van der Waals surface area contributed by atoms with Crippen molar-refractivity contribution in [3.05, 3.63) is 54.6 Å². The Labute approximate surface area is 182 Å². The molecule has 160 valence electrons. The summed E-state index contributed by atoms with van der Waals surface area (Å²) in [5, 5.41) is 5.52. The first-order valence-electron chi connectivity index (χ1n) is 9.84. The van der Waals surface area contributed by atoms with Crippen molar-refractivity contribution in [2.75, 3.05) is 25.0 Å². The van der Waals surface area contributed by atoms with Gasteiger partial charge in [0.1, 0.15) is 5.75 Å². The van der Waals surface area contributed by atoms with Crippen molar-refractivity contribution in [2.45, 2.75) is 30.6 Å². The van der Waals surface area contributed by atoms with E-state index in [1.165, 1.54) is 0 Å². The minimum atomic E-state index is -3.50. The van der Waals surface area contributed by atoms with Gasteiger partial charge in [-0.1, -0.05) is 31.0 Å².